The Morgan fingerprint density at radius 2 is 1.88 bits per heavy atom. The summed E-state index contributed by atoms with van der Waals surface area (Å²) in [5.74, 6) is 0.383. The number of carbonyl (C=O) groups is 2. The van der Waals surface area contributed by atoms with Gasteiger partial charge < -0.3 is 9.73 Å². The Balaban J connectivity index is 1.66. The third-order valence-corrected chi connectivity index (χ3v) is 6.09. The molecule has 2 N–H and O–H groups in total. The minimum atomic E-state index is -0.799. The maximum absolute atomic E-state index is 12.7. The predicted molar refractivity (Wildman–Crippen MR) is 139 cm³/mol. The summed E-state index contributed by atoms with van der Waals surface area (Å²) in [7, 11) is 0. The highest BCUT2D eigenvalue weighted by Gasteiger charge is 2.23. The van der Waals surface area contributed by atoms with E-state index in [1.165, 1.54) is 18.3 Å². The lowest BCUT2D eigenvalue weighted by Gasteiger charge is -2.19. The van der Waals surface area contributed by atoms with Crippen molar-refractivity contribution in [1.82, 2.24) is 10.7 Å². The molecule has 2 amide bonds. The summed E-state index contributed by atoms with van der Waals surface area (Å²) in [5.41, 5.74) is 4.76. The topological polar surface area (TPSA) is 83.7 Å². The number of aryl methyl sites for hydroxylation is 1. The highest BCUT2D eigenvalue weighted by molar-refractivity contribution is 9.10. The van der Waals surface area contributed by atoms with Gasteiger partial charge in [-0.3, -0.25) is 9.59 Å². The van der Waals surface area contributed by atoms with Gasteiger partial charge in [-0.05, 0) is 67.3 Å². The van der Waals surface area contributed by atoms with E-state index in [0.29, 0.717) is 23.0 Å². The SMILES string of the molecule is Cc1ccc(-c2ccc(/C=N/NC(=O)[C@@H](CC(C)C)NC(=O)c3ccc(Cl)cc3Cl)o2)c(Br)c1. The molecule has 3 aromatic rings. The number of carbonyl (C=O) groups excluding carboxylic acids is 2. The molecule has 0 bridgehead atoms. The molecule has 0 radical (unpaired) electrons. The van der Waals surface area contributed by atoms with Gasteiger partial charge >= 0.3 is 0 Å². The highest BCUT2D eigenvalue weighted by atomic mass is 79.9. The van der Waals surface area contributed by atoms with E-state index in [1.54, 1.807) is 12.1 Å². The van der Waals surface area contributed by atoms with Gasteiger partial charge in [0.25, 0.3) is 11.8 Å². The molecule has 0 unspecified atom stereocenters. The predicted octanol–water partition coefficient (Wildman–Crippen LogP) is 6.62. The first kappa shape index (κ1) is 26.0. The Hall–Kier alpha value is -2.61. The zero-order chi connectivity index (χ0) is 24.8. The molecule has 2 aromatic carbocycles. The van der Waals surface area contributed by atoms with Crippen molar-refractivity contribution in [3.63, 3.8) is 0 Å². The standard InChI is InChI=1S/C25H24BrCl2N3O3/c1-14(2)10-22(30-24(32)19-8-5-16(27)12-21(19)28)25(33)31-29-13-17-6-9-23(34-17)18-7-4-15(3)11-20(18)26/h4-9,11-14,22H,10H2,1-3H3,(H,30,32)(H,31,33)/b29-13+/t22-/m1/s1. The van der Waals surface area contributed by atoms with Crippen LogP contribution in [0.3, 0.4) is 0 Å². The van der Waals surface area contributed by atoms with Crippen LogP contribution in [0.2, 0.25) is 10.0 Å². The smallest absolute Gasteiger partial charge is 0.262 e. The van der Waals surface area contributed by atoms with Gasteiger partial charge in [-0.15, -0.1) is 0 Å². The second kappa shape index (κ2) is 11.7. The number of rotatable bonds is 8. The molecule has 0 saturated carbocycles. The molecule has 34 heavy (non-hydrogen) atoms. The molecule has 178 valence electrons. The monoisotopic (exact) mass is 563 g/mol. The van der Waals surface area contributed by atoms with Gasteiger partial charge in [0.15, 0.2) is 0 Å². The fraction of sp³-hybridized carbons (Fsp3) is 0.240. The van der Waals surface area contributed by atoms with Crippen LogP contribution in [0.25, 0.3) is 11.3 Å². The van der Waals surface area contributed by atoms with Gasteiger partial charge in [0.05, 0.1) is 16.8 Å². The number of hydrogen-bond donors (Lipinski definition) is 2. The van der Waals surface area contributed by atoms with Crippen LogP contribution in [0.4, 0.5) is 0 Å². The molecule has 1 atom stereocenters. The maximum atomic E-state index is 12.7. The average Bonchev–Trinajstić information content (AvgIpc) is 3.21. The molecule has 9 heteroatoms. The van der Waals surface area contributed by atoms with Gasteiger partial charge in [0.1, 0.15) is 17.6 Å². The molecule has 0 saturated heterocycles. The molecule has 0 spiro atoms. The van der Waals surface area contributed by atoms with Crippen molar-refractivity contribution in [2.24, 2.45) is 11.0 Å². The Morgan fingerprint density at radius 3 is 2.56 bits per heavy atom. The normalized spacial score (nSPS) is 12.2. The van der Waals surface area contributed by atoms with E-state index in [0.717, 1.165) is 15.6 Å². The number of benzene rings is 2. The number of amides is 2. The Kier molecular flexibility index (Phi) is 8.94. The Bertz CT molecular complexity index is 1220. The molecule has 0 aliphatic heterocycles. The van der Waals surface area contributed by atoms with Crippen molar-refractivity contribution in [3.8, 4) is 11.3 Å². The largest absolute Gasteiger partial charge is 0.455 e. The molecule has 6 nitrogen and oxygen atoms in total. The van der Waals surface area contributed by atoms with E-state index in [-0.39, 0.29) is 16.5 Å². The first-order valence-electron chi connectivity index (χ1n) is 10.6. The van der Waals surface area contributed by atoms with E-state index in [1.807, 2.05) is 45.0 Å². The Labute approximate surface area is 216 Å². The first-order valence-corrected chi connectivity index (χ1v) is 12.1. The number of furan rings is 1. The third kappa shape index (κ3) is 6.95. The zero-order valence-electron chi connectivity index (χ0n) is 18.9. The molecular weight excluding hydrogens is 541 g/mol. The fourth-order valence-corrected chi connectivity index (χ4v) is 4.42. The lowest BCUT2D eigenvalue weighted by atomic mass is 10.0. The quantitative estimate of drug-likeness (QED) is 0.238. The number of nitrogens with zero attached hydrogens (tertiary/aromatic N) is 1. The molecule has 1 aromatic heterocycles. The number of hydrogen-bond acceptors (Lipinski definition) is 4. The van der Waals surface area contributed by atoms with Crippen LogP contribution in [-0.4, -0.2) is 24.1 Å². The molecule has 0 fully saturated rings. The lowest BCUT2D eigenvalue weighted by molar-refractivity contribution is -0.123. The summed E-state index contributed by atoms with van der Waals surface area (Å²) >= 11 is 15.6. The van der Waals surface area contributed by atoms with Crippen LogP contribution < -0.4 is 10.7 Å². The summed E-state index contributed by atoms with van der Waals surface area (Å²) in [4.78, 5) is 25.4. The molecular formula is C25H24BrCl2N3O3. The van der Waals surface area contributed by atoms with Gasteiger partial charge in [-0.1, -0.05) is 59.0 Å². The van der Waals surface area contributed by atoms with E-state index in [4.69, 9.17) is 27.6 Å². The zero-order valence-corrected chi connectivity index (χ0v) is 22.0. The molecule has 0 aliphatic carbocycles. The van der Waals surface area contributed by atoms with Crippen LogP contribution in [0, 0.1) is 12.8 Å². The van der Waals surface area contributed by atoms with Crippen LogP contribution in [0.1, 0.15) is 41.9 Å². The molecule has 3 rings (SSSR count). The van der Waals surface area contributed by atoms with Gasteiger partial charge in [-0.25, -0.2) is 5.43 Å². The maximum Gasteiger partial charge on any atom is 0.262 e. The van der Waals surface area contributed by atoms with Crippen LogP contribution in [0.15, 0.2) is 62.5 Å². The minimum absolute atomic E-state index is 0.154. The highest BCUT2D eigenvalue weighted by Crippen LogP contribution is 2.30. The van der Waals surface area contributed by atoms with Crippen LogP contribution in [-0.2, 0) is 4.79 Å². The van der Waals surface area contributed by atoms with Crippen molar-refractivity contribution in [1.29, 1.82) is 0 Å². The van der Waals surface area contributed by atoms with Gasteiger partial charge in [0.2, 0.25) is 0 Å². The van der Waals surface area contributed by atoms with E-state index in [2.05, 4.69) is 31.8 Å². The van der Waals surface area contributed by atoms with Crippen LogP contribution in [0.5, 0.6) is 0 Å². The van der Waals surface area contributed by atoms with Crippen molar-refractivity contribution < 1.29 is 14.0 Å². The molecule has 1 heterocycles. The van der Waals surface area contributed by atoms with E-state index >= 15 is 0 Å². The van der Waals surface area contributed by atoms with Crippen molar-refractivity contribution >= 4 is 57.2 Å². The summed E-state index contributed by atoms with van der Waals surface area (Å²) < 4.78 is 6.74. The van der Waals surface area contributed by atoms with E-state index < -0.39 is 17.9 Å². The lowest BCUT2D eigenvalue weighted by Crippen LogP contribution is -2.46. The first-order chi connectivity index (χ1) is 16.1. The molecule has 0 aliphatic rings. The number of hydrazone groups is 1. The summed E-state index contributed by atoms with van der Waals surface area (Å²) in [5, 5.41) is 7.35. The number of halogens is 3. The Morgan fingerprint density at radius 1 is 1.12 bits per heavy atom. The average molecular weight is 565 g/mol. The third-order valence-electron chi connectivity index (χ3n) is 4.89. The van der Waals surface area contributed by atoms with Crippen LogP contribution >= 0.6 is 39.1 Å². The summed E-state index contributed by atoms with van der Waals surface area (Å²) in [6.07, 6.45) is 1.83. The fourth-order valence-electron chi connectivity index (χ4n) is 3.24. The second-order valence-corrected chi connectivity index (χ2v) is 9.90. The van der Waals surface area contributed by atoms with Gasteiger partial charge in [-0.2, -0.15) is 5.10 Å². The van der Waals surface area contributed by atoms with Crippen molar-refractivity contribution in [3.05, 3.63) is 79.9 Å². The van der Waals surface area contributed by atoms with Crippen molar-refractivity contribution in [2.45, 2.75) is 33.2 Å². The summed E-state index contributed by atoms with van der Waals surface area (Å²) in [6, 6.07) is 13.3. The number of nitrogens with one attached hydrogen (secondary N) is 2. The van der Waals surface area contributed by atoms with Gasteiger partial charge in [0, 0.05) is 15.1 Å². The minimum Gasteiger partial charge on any atom is -0.455 e. The van der Waals surface area contributed by atoms with E-state index in [9.17, 15) is 9.59 Å². The van der Waals surface area contributed by atoms with Crippen molar-refractivity contribution in [2.75, 3.05) is 0 Å². The second-order valence-electron chi connectivity index (χ2n) is 8.20. The summed E-state index contributed by atoms with van der Waals surface area (Å²) in [6.45, 7) is 5.92.